The zero-order valence-corrected chi connectivity index (χ0v) is 15.2. The number of carboxylic acid groups (broad SMARTS) is 1. The second-order valence-corrected chi connectivity index (χ2v) is 7.33. The van der Waals surface area contributed by atoms with Crippen molar-refractivity contribution < 1.29 is 24.6 Å². The number of aliphatic carboxylic acids is 1. The number of aliphatic hydroxyl groups excluding tert-OH is 1. The number of nitrogens with two attached hydrogens (primary N) is 1. The maximum Gasteiger partial charge on any atom is 0.353 e. The third-order valence-electron chi connectivity index (χ3n) is 4.57. The van der Waals surface area contributed by atoms with Crippen molar-refractivity contribution in [2.24, 2.45) is 17.6 Å². The summed E-state index contributed by atoms with van der Waals surface area (Å²) in [6, 6.07) is 1.56. The molecule has 2 rings (SSSR count). The van der Waals surface area contributed by atoms with Crippen molar-refractivity contribution in [1.82, 2.24) is 10.2 Å². The van der Waals surface area contributed by atoms with Crippen LogP contribution >= 0.6 is 11.8 Å². The summed E-state index contributed by atoms with van der Waals surface area (Å²) in [4.78, 5) is 37.2. The van der Waals surface area contributed by atoms with E-state index >= 15 is 0 Å². The molecule has 5 N–H and O–H groups in total. The molecule has 1 fully saturated rings. The summed E-state index contributed by atoms with van der Waals surface area (Å²) in [5.74, 6) is -2.52. The fourth-order valence-corrected chi connectivity index (χ4v) is 4.70. The predicted octanol–water partition coefficient (Wildman–Crippen LogP) is -0.768. The van der Waals surface area contributed by atoms with Gasteiger partial charge in [-0.15, -0.1) is 11.8 Å². The van der Waals surface area contributed by atoms with E-state index < -0.39 is 29.9 Å². The van der Waals surface area contributed by atoms with E-state index in [1.807, 2.05) is 6.07 Å². The average Bonchev–Trinajstić information content (AvgIpc) is 2.85. The van der Waals surface area contributed by atoms with Crippen molar-refractivity contribution in [2.45, 2.75) is 31.9 Å². The fourth-order valence-electron chi connectivity index (χ4n) is 3.49. The van der Waals surface area contributed by atoms with Crippen molar-refractivity contribution >= 4 is 29.5 Å². The van der Waals surface area contributed by atoms with E-state index in [-0.39, 0.29) is 37.0 Å². The lowest BCUT2D eigenvalue weighted by Crippen LogP contribution is -2.64. The van der Waals surface area contributed by atoms with Crippen LogP contribution in [0.25, 0.3) is 0 Å². The number of thioether (sulfide) groups is 1. The van der Waals surface area contributed by atoms with Crippen LogP contribution in [-0.2, 0) is 14.4 Å². The summed E-state index contributed by atoms with van der Waals surface area (Å²) in [6.07, 6.45) is -0.242. The number of hydrogen-bond donors (Lipinski definition) is 4. The Labute approximate surface area is 155 Å². The molecule has 0 spiro atoms. The largest absolute Gasteiger partial charge is 0.477 e. The van der Waals surface area contributed by atoms with E-state index in [2.05, 4.69) is 5.32 Å². The molecule has 0 radical (unpaired) electrons. The number of amides is 2. The van der Waals surface area contributed by atoms with Gasteiger partial charge in [0.15, 0.2) is 0 Å². The van der Waals surface area contributed by atoms with Gasteiger partial charge in [0, 0.05) is 29.5 Å². The maximum atomic E-state index is 12.4. The molecule has 0 bridgehead atoms. The number of carbonyl (C=O) groups is 3. The average molecular weight is 382 g/mol. The first-order valence-electron chi connectivity index (χ1n) is 8.30. The molecule has 9 nitrogen and oxygen atoms in total. The molecule has 0 aromatic rings. The van der Waals surface area contributed by atoms with Crippen LogP contribution in [0.4, 0.5) is 0 Å². The van der Waals surface area contributed by atoms with E-state index in [0.29, 0.717) is 17.1 Å². The first-order chi connectivity index (χ1) is 12.3. The van der Waals surface area contributed by atoms with Gasteiger partial charge in [-0.1, -0.05) is 0 Å². The summed E-state index contributed by atoms with van der Waals surface area (Å²) in [5.41, 5.74) is 5.18. The van der Waals surface area contributed by atoms with Crippen molar-refractivity contribution in [3.05, 3.63) is 10.6 Å². The van der Waals surface area contributed by atoms with Gasteiger partial charge in [-0.25, -0.2) is 4.79 Å². The van der Waals surface area contributed by atoms with Crippen LogP contribution in [0.1, 0.15) is 19.8 Å². The first-order valence-corrected chi connectivity index (χ1v) is 9.28. The predicted molar refractivity (Wildman–Crippen MR) is 93.3 cm³/mol. The summed E-state index contributed by atoms with van der Waals surface area (Å²) in [5, 5.41) is 30.9. The number of nitriles is 1. The van der Waals surface area contributed by atoms with Crippen LogP contribution in [0.2, 0.25) is 0 Å². The van der Waals surface area contributed by atoms with E-state index in [9.17, 15) is 24.6 Å². The Morgan fingerprint density at radius 1 is 1.50 bits per heavy atom. The minimum Gasteiger partial charge on any atom is -0.477 e. The zero-order chi connectivity index (χ0) is 19.4. The number of fused-ring (bicyclic) bond motifs is 1. The Kier molecular flexibility index (Phi) is 6.63. The molecular formula is C16H22N4O5S. The van der Waals surface area contributed by atoms with E-state index in [1.54, 1.807) is 0 Å². The molecule has 26 heavy (non-hydrogen) atoms. The lowest BCUT2D eigenvalue weighted by Gasteiger charge is -2.47. The highest BCUT2D eigenvalue weighted by molar-refractivity contribution is 8.03. The second kappa shape index (κ2) is 8.53. The Balaban J connectivity index is 2.27. The number of nitrogens with one attached hydrogen (secondary N) is 1. The van der Waals surface area contributed by atoms with Gasteiger partial charge in [0.2, 0.25) is 11.8 Å². The quantitative estimate of drug-likeness (QED) is 0.299. The van der Waals surface area contributed by atoms with Crippen molar-refractivity contribution in [1.29, 1.82) is 5.26 Å². The topological polar surface area (TPSA) is 157 Å². The Morgan fingerprint density at radius 2 is 2.19 bits per heavy atom. The van der Waals surface area contributed by atoms with Gasteiger partial charge in [-0.2, -0.15) is 5.26 Å². The van der Waals surface area contributed by atoms with Gasteiger partial charge in [-0.3, -0.25) is 9.59 Å². The highest BCUT2D eigenvalue weighted by Gasteiger charge is 2.60. The van der Waals surface area contributed by atoms with Crippen LogP contribution in [0.5, 0.6) is 0 Å². The maximum absolute atomic E-state index is 12.4. The molecular weight excluding hydrogens is 360 g/mol. The highest BCUT2D eigenvalue weighted by atomic mass is 32.2. The Bertz CT molecular complexity index is 672. The number of carbonyl (C=O) groups excluding carboxylic acids is 2. The van der Waals surface area contributed by atoms with Gasteiger partial charge in [0.05, 0.1) is 30.7 Å². The SMILES string of the molecule is C[C@@H](O)[C@H]1C(=O)N2C(C(=O)O)=C(SCCC#N)[C@H](CCNC(=O)CN)[C@H]12. The Hall–Kier alpha value is -2.09. The van der Waals surface area contributed by atoms with Crippen molar-refractivity contribution in [3.8, 4) is 6.07 Å². The Morgan fingerprint density at radius 3 is 2.73 bits per heavy atom. The lowest BCUT2D eigenvalue weighted by molar-refractivity contribution is -0.163. The monoisotopic (exact) mass is 382 g/mol. The van der Waals surface area contributed by atoms with Crippen LogP contribution in [0, 0.1) is 23.2 Å². The van der Waals surface area contributed by atoms with Gasteiger partial charge >= 0.3 is 5.97 Å². The van der Waals surface area contributed by atoms with Crippen LogP contribution in [-0.4, -0.2) is 63.9 Å². The summed E-state index contributed by atoms with van der Waals surface area (Å²) >= 11 is 1.24. The van der Waals surface area contributed by atoms with Gasteiger partial charge in [0.25, 0.3) is 0 Å². The van der Waals surface area contributed by atoms with E-state index in [4.69, 9.17) is 11.0 Å². The molecule has 0 aliphatic carbocycles. The number of β-lactam (4-membered cyclic amide) rings is 1. The molecule has 0 aromatic heterocycles. The van der Waals surface area contributed by atoms with E-state index in [0.717, 1.165) is 0 Å². The third kappa shape index (κ3) is 3.70. The summed E-state index contributed by atoms with van der Waals surface area (Å²) < 4.78 is 0. The number of aliphatic hydroxyl groups is 1. The smallest absolute Gasteiger partial charge is 0.353 e. The standard InChI is InChI=1S/C16H22N4O5S/c1-8(21)11-12-9(3-5-19-10(22)7-18)14(26-6-2-4-17)13(16(24)25)20(12)15(11)23/h8-9,11-12,21H,2-3,5-7,18H2,1H3,(H,19,22)(H,24,25)/t8-,9-,11-,12-/m1/s1. The molecule has 2 aliphatic heterocycles. The molecule has 142 valence electrons. The van der Waals surface area contributed by atoms with Gasteiger partial charge < -0.3 is 26.2 Å². The number of hydrogen-bond acceptors (Lipinski definition) is 7. The third-order valence-corrected chi connectivity index (χ3v) is 5.78. The number of rotatable bonds is 9. The molecule has 1 saturated heterocycles. The minimum absolute atomic E-state index is 0.0741. The fraction of sp³-hybridized carbons (Fsp3) is 0.625. The normalized spacial score (nSPS) is 25.4. The van der Waals surface area contributed by atoms with Crippen LogP contribution < -0.4 is 11.1 Å². The molecule has 0 unspecified atom stereocenters. The molecule has 4 atom stereocenters. The zero-order valence-electron chi connectivity index (χ0n) is 14.3. The lowest BCUT2D eigenvalue weighted by atomic mass is 9.77. The molecule has 2 heterocycles. The first kappa shape index (κ1) is 20.2. The highest BCUT2D eigenvalue weighted by Crippen LogP contribution is 2.51. The number of nitrogens with zero attached hydrogens (tertiary/aromatic N) is 2. The summed E-state index contributed by atoms with van der Waals surface area (Å²) in [6.45, 7) is 1.64. The minimum atomic E-state index is -1.21. The number of carboxylic acids is 1. The molecule has 0 aromatic carbocycles. The van der Waals surface area contributed by atoms with Crippen molar-refractivity contribution in [3.63, 3.8) is 0 Å². The van der Waals surface area contributed by atoms with Gasteiger partial charge in [0.1, 0.15) is 5.70 Å². The van der Waals surface area contributed by atoms with Crippen LogP contribution in [0.15, 0.2) is 10.6 Å². The molecule has 10 heteroatoms. The van der Waals surface area contributed by atoms with Gasteiger partial charge in [-0.05, 0) is 13.3 Å². The summed E-state index contributed by atoms with van der Waals surface area (Å²) in [7, 11) is 0. The van der Waals surface area contributed by atoms with E-state index in [1.165, 1.54) is 23.6 Å². The van der Waals surface area contributed by atoms with Crippen LogP contribution in [0.3, 0.4) is 0 Å². The second-order valence-electron chi connectivity index (χ2n) is 6.19. The molecule has 2 amide bonds. The van der Waals surface area contributed by atoms with Crippen molar-refractivity contribution in [2.75, 3.05) is 18.8 Å². The molecule has 2 aliphatic rings. The molecule has 0 saturated carbocycles.